The van der Waals surface area contributed by atoms with Gasteiger partial charge in [0.25, 0.3) is 0 Å². The van der Waals surface area contributed by atoms with Crippen molar-refractivity contribution in [2.75, 3.05) is 0 Å². The Bertz CT molecular complexity index is 287. The van der Waals surface area contributed by atoms with Gasteiger partial charge in [0.15, 0.2) is 0 Å². The Hall–Kier alpha value is -0.521. The average molecular weight is 375 g/mol. The number of rotatable bonds is 8. The van der Waals surface area contributed by atoms with Crippen molar-refractivity contribution in [2.45, 2.75) is 55.8 Å². The van der Waals surface area contributed by atoms with E-state index in [-0.39, 0.29) is 39.1 Å². The second-order valence-corrected chi connectivity index (χ2v) is 7.25. The molecule has 0 bridgehead atoms. The first-order valence-corrected chi connectivity index (χ1v) is 12.3. The summed E-state index contributed by atoms with van der Waals surface area (Å²) in [4.78, 5) is 25.6. The van der Waals surface area contributed by atoms with E-state index in [9.17, 15) is 19.8 Å². The Labute approximate surface area is 126 Å². The van der Waals surface area contributed by atoms with E-state index >= 15 is 0 Å². The van der Waals surface area contributed by atoms with Gasteiger partial charge in [0.1, 0.15) is 0 Å². The third-order valence-electron chi connectivity index (χ3n) is 2.61. The maximum absolute atomic E-state index is 10.7. The summed E-state index contributed by atoms with van der Waals surface area (Å²) in [6.07, 6.45) is 4.67. The maximum atomic E-state index is 10.7. The van der Waals surface area contributed by atoms with Crippen LogP contribution < -0.4 is 10.2 Å². The zero-order valence-corrected chi connectivity index (χ0v) is 15.2. The van der Waals surface area contributed by atoms with Gasteiger partial charge in [0, 0.05) is 0 Å². The average Bonchev–Trinajstić information content (AvgIpc) is 2.33. The van der Waals surface area contributed by atoms with Crippen LogP contribution in [0.25, 0.3) is 0 Å². The van der Waals surface area contributed by atoms with Gasteiger partial charge in [-0.25, -0.2) is 0 Å². The van der Waals surface area contributed by atoms with Crippen LogP contribution in [0.5, 0.6) is 0 Å². The minimum absolute atomic E-state index is 0.178. The fourth-order valence-electron chi connectivity index (χ4n) is 1.60. The molecule has 19 heavy (non-hydrogen) atoms. The monoisotopic (exact) mass is 376 g/mol. The predicted octanol–water partition coefficient (Wildman–Crippen LogP) is 0.806. The van der Waals surface area contributed by atoms with E-state index in [2.05, 4.69) is 16.8 Å². The van der Waals surface area contributed by atoms with Crippen molar-refractivity contribution in [3.63, 3.8) is 0 Å². The topological polar surface area (TPSA) is 80.3 Å². The van der Waals surface area contributed by atoms with Crippen LogP contribution in [0.15, 0.2) is 11.6 Å². The molecule has 0 aromatic rings. The van der Waals surface area contributed by atoms with Crippen LogP contribution in [-0.4, -0.2) is 33.1 Å². The van der Waals surface area contributed by atoms with E-state index in [4.69, 9.17) is 0 Å². The first kappa shape index (κ1) is 20.8. The molecule has 0 saturated heterocycles. The van der Waals surface area contributed by atoms with Crippen LogP contribution in [0.2, 0.25) is 9.88 Å². The van der Waals surface area contributed by atoms with Gasteiger partial charge in [-0.1, -0.05) is 39.5 Å². The van der Waals surface area contributed by atoms with Crippen molar-refractivity contribution in [1.82, 2.24) is 0 Å². The zero-order chi connectivity index (χ0) is 15.3. The SMILES string of the molecule is CCCCC(CC)C/C(=C/C(=O)[O-])C(=O)[O-].[CH3][Sn+2][CH3]. The van der Waals surface area contributed by atoms with Gasteiger partial charge in [0.05, 0.1) is 11.9 Å². The van der Waals surface area contributed by atoms with Crippen molar-refractivity contribution in [3.8, 4) is 0 Å². The molecule has 0 aromatic carbocycles. The molecule has 0 N–H and O–H groups in total. The fraction of sp³-hybridized carbons (Fsp3) is 0.714. The first-order valence-electron chi connectivity index (χ1n) is 6.64. The summed E-state index contributed by atoms with van der Waals surface area (Å²) in [5, 5.41) is 21.0. The second kappa shape index (κ2) is 13.9. The summed E-state index contributed by atoms with van der Waals surface area (Å²) in [5.74, 6) is -2.70. The Morgan fingerprint density at radius 3 is 2.05 bits per heavy atom. The second-order valence-electron chi connectivity index (χ2n) is 4.40. The standard InChI is InChI=1S/C12H20O4.2CH3.Sn/c1-3-5-6-9(4-2)7-10(12(15)16)8-11(13)14;;;/h8-9H,3-7H2,1-2H3,(H,13,14)(H,15,16);2*1H3;/q;;;+2/p-2/b10-8-;;;. The summed E-state index contributed by atoms with van der Waals surface area (Å²) in [5.41, 5.74) is -0.178. The molecule has 5 heteroatoms. The van der Waals surface area contributed by atoms with Crippen molar-refractivity contribution >= 4 is 33.1 Å². The Kier molecular flexibility index (Phi) is 15.2. The molecule has 1 unspecified atom stereocenters. The summed E-state index contributed by atoms with van der Waals surface area (Å²) in [6.45, 7) is 4.02. The Morgan fingerprint density at radius 1 is 1.21 bits per heavy atom. The molecule has 0 saturated carbocycles. The fourth-order valence-corrected chi connectivity index (χ4v) is 1.60. The number of hydrogen-bond donors (Lipinski definition) is 0. The number of carboxylic acid groups (broad SMARTS) is 2. The molecule has 0 heterocycles. The first-order chi connectivity index (χ1) is 8.92. The molecule has 0 aliphatic carbocycles. The quantitative estimate of drug-likeness (QED) is 0.465. The molecular weight excluding hydrogens is 351 g/mol. The van der Waals surface area contributed by atoms with Crippen LogP contribution in [0.4, 0.5) is 0 Å². The van der Waals surface area contributed by atoms with Gasteiger partial charge in [0.2, 0.25) is 0 Å². The zero-order valence-electron chi connectivity index (χ0n) is 12.3. The van der Waals surface area contributed by atoms with Gasteiger partial charge < -0.3 is 19.8 Å². The van der Waals surface area contributed by atoms with E-state index in [1.807, 2.05) is 6.92 Å². The molecule has 0 aliphatic heterocycles. The van der Waals surface area contributed by atoms with Gasteiger partial charge in [-0.3, -0.25) is 0 Å². The van der Waals surface area contributed by atoms with Crippen molar-refractivity contribution in [1.29, 1.82) is 0 Å². The molecule has 0 fully saturated rings. The molecular formula is C14H24O4Sn. The molecule has 0 radical (unpaired) electrons. The molecule has 0 spiro atoms. The molecule has 0 aliphatic rings. The van der Waals surface area contributed by atoms with E-state index in [1.54, 1.807) is 0 Å². The Morgan fingerprint density at radius 2 is 1.74 bits per heavy atom. The molecule has 4 nitrogen and oxygen atoms in total. The number of carbonyl (C=O) groups is 2. The number of carboxylic acids is 2. The molecule has 0 aromatic heterocycles. The van der Waals surface area contributed by atoms with Crippen LogP contribution in [-0.2, 0) is 9.59 Å². The van der Waals surface area contributed by atoms with Gasteiger partial charge in [-0.2, -0.15) is 0 Å². The van der Waals surface area contributed by atoms with Crippen LogP contribution in [0.1, 0.15) is 46.0 Å². The van der Waals surface area contributed by atoms with Crippen molar-refractivity contribution < 1.29 is 19.8 Å². The van der Waals surface area contributed by atoms with Gasteiger partial charge in [-0.15, -0.1) is 0 Å². The third-order valence-corrected chi connectivity index (χ3v) is 2.61. The van der Waals surface area contributed by atoms with Crippen LogP contribution in [0.3, 0.4) is 0 Å². The number of carbonyl (C=O) groups excluding carboxylic acids is 2. The van der Waals surface area contributed by atoms with Gasteiger partial charge >= 0.3 is 31.0 Å². The van der Waals surface area contributed by atoms with E-state index in [0.717, 1.165) is 25.7 Å². The van der Waals surface area contributed by atoms with E-state index in [1.165, 1.54) is 0 Å². The number of unbranched alkanes of at least 4 members (excludes halogenated alkanes) is 1. The number of hydrogen-bond acceptors (Lipinski definition) is 4. The Balaban J connectivity index is 0. The summed E-state index contributed by atoms with van der Waals surface area (Å²) in [7, 11) is 0. The van der Waals surface area contributed by atoms with Crippen LogP contribution >= 0.6 is 0 Å². The van der Waals surface area contributed by atoms with Crippen LogP contribution in [0, 0.1) is 5.92 Å². The van der Waals surface area contributed by atoms with E-state index < -0.39 is 11.9 Å². The third kappa shape index (κ3) is 13.7. The number of aliphatic carboxylic acids is 2. The minimum atomic E-state index is -1.48. The summed E-state index contributed by atoms with van der Waals surface area (Å²) in [6, 6.07) is 0. The summed E-state index contributed by atoms with van der Waals surface area (Å²) < 4.78 is 0. The van der Waals surface area contributed by atoms with Gasteiger partial charge in [-0.05, 0) is 24.0 Å². The molecule has 0 amide bonds. The molecule has 1 atom stereocenters. The van der Waals surface area contributed by atoms with Crippen molar-refractivity contribution in [3.05, 3.63) is 11.6 Å². The summed E-state index contributed by atoms with van der Waals surface area (Å²) >= 11 is 0.230. The normalized spacial score (nSPS) is 11.9. The van der Waals surface area contributed by atoms with E-state index in [0.29, 0.717) is 6.08 Å². The van der Waals surface area contributed by atoms with Crippen molar-refractivity contribution in [2.24, 2.45) is 5.92 Å². The molecule has 108 valence electrons. The predicted molar refractivity (Wildman–Crippen MR) is 73.5 cm³/mol. The molecule has 0 rings (SSSR count).